The summed E-state index contributed by atoms with van der Waals surface area (Å²) < 4.78 is 5.66. The van der Waals surface area contributed by atoms with E-state index in [0.717, 1.165) is 22.1 Å². The van der Waals surface area contributed by atoms with Crippen molar-refractivity contribution in [3.8, 4) is 5.75 Å². The van der Waals surface area contributed by atoms with E-state index in [0.29, 0.717) is 17.3 Å². The molecule has 0 spiro atoms. The minimum atomic E-state index is -0.554. The van der Waals surface area contributed by atoms with E-state index in [2.05, 4.69) is 5.32 Å². The smallest absolute Gasteiger partial charge is 0.260 e. The molecule has 1 atom stereocenters. The van der Waals surface area contributed by atoms with Crippen LogP contribution in [0, 0.1) is 6.92 Å². The zero-order valence-electron chi connectivity index (χ0n) is 14.2. The molecule has 2 aromatic carbocycles. The van der Waals surface area contributed by atoms with E-state index in [1.165, 1.54) is 5.56 Å². The predicted molar refractivity (Wildman–Crippen MR) is 107 cm³/mol. The molecule has 6 heteroatoms. The van der Waals surface area contributed by atoms with Crippen molar-refractivity contribution >= 4 is 40.9 Å². The summed E-state index contributed by atoms with van der Waals surface area (Å²) >= 11 is 13.6. The number of hydrogen-bond donors (Lipinski definition) is 1. The molecule has 1 amide bonds. The molecule has 3 nitrogen and oxygen atoms in total. The molecule has 0 unspecified atom stereocenters. The van der Waals surface area contributed by atoms with E-state index in [1.54, 1.807) is 30.8 Å². The molecule has 0 aromatic heterocycles. The van der Waals surface area contributed by atoms with Gasteiger partial charge in [0.05, 0.1) is 0 Å². The lowest BCUT2D eigenvalue weighted by Gasteiger charge is -2.15. The zero-order valence-corrected chi connectivity index (χ0v) is 16.5. The van der Waals surface area contributed by atoms with Crippen LogP contribution in [0.5, 0.6) is 5.75 Å². The number of carbonyl (C=O) groups excluding carboxylic acids is 1. The lowest BCUT2D eigenvalue weighted by molar-refractivity contribution is -0.127. The Kier molecular flexibility index (Phi) is 7.94. The molecule has 2 aromatic rings. The van der Waals surface area contributed by atoms with Gasteiger partial charge < -0.3 is 10.1 Å². The summed E-state index contributed by atoms with van der Waals surface area (Å²) in [7, 11) is 0. The first-order chi connectivity index (χ1) is 12.0. The number of halogens is 2. The van der Waals surface area contributed by atoms with Crippen molar-refractivity contribution in [1.82, 2.24) is 5.32 Å². The fraction of sp³-hybridized carbons (Fsp3) is 0.316. The van der Waals surface area contributed by atoms with Crippen LogP contribution >= 0.6 is 35.0 Å². The molecule has 0 fully saturated rings. The minimum Gasteiger partial charge on any atom is -0.481 e. The van der Waals surface area contributed by atoms with Crippen LogP contribution in [0.2, 0.25) is 10.0 Å². The third-order valence-electron chi connectivity index (χ3n) is 3.54. The highest BCUT2D eigenvalue weighted by Gasteiger charge is 2.14. The first kappa shape index (κ1) is 20.0. The van der Waals surface area contributed by atoms with Crippen LogP contribution in [0.1, 0.15) is 18.1 Å². The van der Waals surface area contributed by atoms with Gasteiger partial charge in [-0.15, -0.1) is 0 Å². The minimum absolute atomic E-state index is 0.125. The predicted octanol–water partition coefficient (Wildman–Crippen LogP) is 5.12. The van der Waals surface area contributed by atoms with Gasteiger partial charge in [0.1, 0.15) is 5.75 Å². The maximum Gasteiger partial charge on any atom is 0.260 e. The summed E-state index contributed by atoms with van der Waals surface area (Å²) in [5.74, 6) is 2.24. The summed E-state index contributed by atoms with van der Waals surface area (Å²) in [6, 6.07) is 13.2. The molecule has 0 aliphatic rings. The van der Waals surface area contributed by atoms with Crippen molar-refractivity contribution in [2.45, 2.75) is 25.7 Å². The Hall–Kier alpha value is -1.36. The van der Waals surface area contributed by atoms with Gasteiger partial charge in [-0.2, -0.15) is 11.8 Å². The summed E-state index contributed by atoms with van der Waals surface area (Å²) in [5.41, 5.74) is 2.14. The van der Waals surface area contributed by atoms with Gasteiger partial charge in [0, 0.05) is 28.1 Å². The van der Waals surface area contributed by atoms with Gasteiger partial charge >= 0.3 is 0 Å². The topological polar surface area (TPSA) is 38.3 Å². The number of rotatable bonds is 8. The van der Waals surface area contributed by atoms with Crippen molar-refractivity contribution in [3.63, 3.8) is 0 Å². The molecule has 0 saturated carbocycles. The average molecular weight is 398 g/mol. The molecule has 1 N–H and O–H groups in total. The van der Waals surface area contributed by atoms with Crippen LogP contribution in [0.15, 0.2) is 42.5 Å². The molecular weight excluding hydrogens is 377 g/mol. The Morgan fingerprint density at radius 3 is 2.60 bits per heavy atom. The maximum absolute atomic E-state index is 12.1. The van der Waals surface area contributed by atoms with Crippen LogP contribution in [-0.2, 0) is 10.5 Å². The summed E-state index contributed by atoms with van der Waals surface area (Å²) in [4.78, 5) is 12.1. The van der Waals surface area contributed by atoms with E-state index in [-0.39, 0.29) is 5.91 Å². The van der Waals surface area contributed by atoms with E-state index in [1.807, 2.05) is 37.3 Å². The lowest BCUT2D eigenvalue weighted by atomic mass is 10.2. The van der Waals surface area contributed by atoms with Gasteiger partial charge in [-0.25, -0.2) is 0 Å². The Balaban J connectivity index is 1.67. The number of hydrogen-bond acceptors (Lipinski definition) is 3. The number of carbonyl (C=O) groups is 1. The van der Waals surface area contributed by atoms with Crippen molar-refractivity contribution in [3.05, 3.63) is 63.6 Å². The van der Waals surface area contributed by atoms with E-state index < -0.39 is 6.10 Å². The first-order valence-electron chi connectivity index (χ1n) is 7.98. The summed E-state index contributed by atoms with van der Waals surface area (Å²) in [6.07, 6.45) is -0.554. The summed E-state index contributed by atoms with van der Waals surface area (Å²) in [5, 5.41) is 4.32. The van der Waals surface area contributed by atoms with Crippen LogP contribution < -0.4 is 10.1 Å². The van der Waals surface area contributed by atoms with E-state index in [9.17, 15) is 4.79 Å². The first-order valence-corrected chi connectivity index (χ1v) is 9.89. The number of thioether (sulfide) groups is 1. The van der Waals surface area contributed by atoms with E-state index >= 15 is 0 Å². The lowest BCUT2D eigenvalue weighted by Crippen LogP contribution is -2.37. The highest BCUT2D eigenvalue weighted by atomic mass is 35.5. The Bertz CT molecular complexity index is 707. The van der Waals surface area contributed by atoms with Gasteiger partial charge in [-0.1, -0.05) is 35.3 Å². The Morgan fingerprint density at radius 2 is 1.92 bits per heavy atom. The molecule has 0 radical (unpaired) electrons. The number of aryl methyl sites for hydroxylation is 1. The second-order valence-corrected chi connectivity index (χ2v) is 7.59. The number of nitrogens with one attached hydrogen (secondary N) is 1. The normalized spacial score (nSPS) is 11.8. The van der Waals surface area contributed by atoms with Crippen molar-refractivity contribution in [1.29, 1.82) is 0 Å². The van der Waals surface area contributed by atoms with Gasteiger partial charge in [0.2, 0.25) is 0 Å². The molecular formula is C19H21Cl2NO2S. The van der Waals surface area contributed by atoms with Crippen LogP contribution in [0.25, 0.3) is 0 Å². The maximum atomic E-state index is 12.1. The van der Waals surface area contributed by atoms with Crippen molar-refractivity contribution in [2.75, 3.05) is 12.3 Å². The zero-order chi connectivity index (χ0) is 18.2. The fourth-order valence-electron chi connectivity index (χ4n) is 2.11. The standard InChI is InChI=1S/C19H21Cl2NO2S/c1-13-11-17(7-8-18(13)21)24-14(2)19(23)22-9-10-25-12-15-3-5-16(20)6-4-15/h3-8,11,14H,9-10,12H2,1-2H3,(H,22,23)/t14-/m1/s1. The van der Waals surface area contributed by atoms with Crippen LogP contribution in [-0.4, -0.2) is 24.3 Å². The molecule has 0 heterocycles. The molecule has 134 valence electrons. The van der Waals surface area contributed by atoms with Gasteiger partial charge in [-0.05, 0) is 55.3 Å². The second kappa shape index (κ2) is 9.95. The third-order valence-corrected chi connectivity index (χ3v) is 5.25. The quantitative estimate of drug-likeness (QED) is 0.628. The molecule has 0 aliphatic carbocycles. The van der Waals surface area contributed by atoms with Crippen LogP contribution in [0.4, 0.5) is 0 Å². The Morgan fingerprint density at radius 1 is 1.20 bits per heavy atom. The Labute approximate surface area is 163 Å². The number of amides is 1. The average Bonchev–Trinajstić information content (AvgIpc) is 2.59. The van der Waals surface area contributed by atoms with E-state index in [4.69, 9.17) is 27.9 Å². The van der Waals surface area contributed by atoms with Gasteiger partial charge in [0.25, 0.3) is 5.91 Å². The number of ether oxygens (including phenoxy) is 1. The number of benzene rings is 2. The largest absolute Gasteiger partial charge is 0.481 e. The summed E-state index contributed by atoms with van der Waals surface area (Å²) in [6.45, 7) is 4.24. The molecule has 0 saturated heterocycles. The van der Waals surface area contributed by atoms with Crippen molar-refractivity contribution in [2.24, 2.45) is 0 Å². The van der Waals surface area contributed by atoms with Crippen LogP contribution in [0.3, 0.4) is 0 Å². The second-order valence-electron chi connectivity index (χ2n) is 5.64. The monoisotopic (exact) mass is 397 g/mol. The highest BCUT2D eigenvalue weighted by Crippen LogP contribution is 2.22. The molecule has 2 rings (SSSR count). The highest BCUT2D eigenvalue weighted by molar-refractivity contribution is 7.98. The fourth-order valence-corrected chi connectivity index (χ4v) is 3.17. The molecule has 0 bridgehead atoms. The molecule has 0 aliphatic heterocycles. The van der Waals surface area contributed by atoms with Gasteiger partial charge in [-0.3, -0.25) is 4.79 Å². The molecule has 25 heavy (non-hydrogen) atoms. The third kappa shape index (κ3) is 6.81. The van der Waals surface area contributed by atoms with Crippen molar-refractivity contribution < 1.29 is 9.53 Å². The SMILES string of the molecule is Cc1cc(O[C@H](C)C(=O)NCCSCc2ccc(Cl)cc2)ccc1Cl. The van der Waals surface area contributed by atoms with Gasteiger partial charge in [0.15, 0.2) is 6.10 Å².